The number of rotatable bonds is 5. The summed E-state index contributed by atoms with van der Waals surface area (Å²) in [7, 11) is 2.89. The molecule has 6 nitrogen and oxygen atoms in total. The van der Waals surface area contributed by atoms with E-state index in [-0.39, 0.29) is 34.3 Å². The molecule has 1 N–H and O–H groups in total. The summed E-state index contributed by atoms with van der Waals surface area (Å²) in [5, 5.41) is 13.6. The van der Waals surface area contributed by atoms with Gasteiger partial charge in [-0.3, -0.25) is 4.79 Å². The molecule has 0 aliphatic heterocycles. The Balaban J connectivity index is 2.07. The van der Waals surface area contributed by atoms with Gasteiger partial charge in [-0.25, -0.2) is 0 Å². The molecule has 0 saturated carbocycles. The molecular weight excluding hydrogens is 392 g/mol. The number of ether oxygens (including phenoxy) is 3. The predicted molar refractivity (Wildman–Crippen MR) is 114 cm³/mol. The number of aromatic hydroxyl groups is 1. The number of hydrogen-bond acceptors (Lipinski definition) is 7. The SMILES string of the molecule is COc1c(OC(C)C)cc2oc(-c3csc4ccccc34)c(O)c(=O)c2c1OC. The lowest BCUT2D eigenvalue weighted by Crippen LogP contribution is -2.10. The van der Waals surface area contributed by atoms with Gasteiger partial charge in [-0.15, -0.1) is 11.3 Å². The normalized spacial score (nSPS) is 11.3. The fourth-order valence-corrected chi connectivity index (χ4v) is 4.28. The average Bonchev–Trinajstić information content (AvgIpc) is 3.13. The Bertz CT molecular complexity index is 1270. The van der Waals surface area contributed by atoms with Crippen LogP contribution >= 0.6 is 11.3 Å². The fraction of sp³-hybridized carbons (Fsp3) is 0.227. The molecule has 2 heterocycles. The zero-order valence-electron chi connectivity index (χ0n) is 16.4. The number of hydrogen-bond donors (Lipinski definition) is 1. The summed E-state index contributed by atoms with van der Waals surface area (Å²) in [6.45, 7) is 3.76. The molecule has 0 spiro atoms. The van der Waals surface area contributed by atoms with E-state index < -0.39 is 11.2 Å². The van der Waals surface area contributed by atoms with Gasteiger partial charge in [-0.1, -0.05) is 18.2 Å². The summed E-state index contributed by atoms with van der Waals surface area (Å²) in [5.74, 6) is 0.462. The Morgan fingerprint density at radius 1 is 1.10 bits per heavy atom. The molecule has 7 heteroatoms. The van der Waals surface area contributed by atoms with Crippen molar-refractivity contribution in [1.29, 1.82) is 0 Å². The van der Waals surface area contributed by atoms with E-state index in [0.29, 0.717) is 11.3 Å². The van der Waals surface area contributed by atoms with E-state index in [1.54, 1.807) is 6.07 Å². The van der Waals surface area contributed by atoms with Crippen LogP contribution in [0.2, 0.25) is 0 Å². The molecule has 0 unspecified atom stereocenters. The van der Waals surface area contributed by atoms with Crippen LogP contribution in [0, 0.1) is 0 Å². The first-order chi connectivity index (χ1) is 14.0. The van der Waals surface area contributed by atoms with Crippen molar-refractivity contribution in [1.82, 2.24) is 0 Å². The molecule has 0 amide bonds. The van der Waals surface area contributed by atoms with Crippen molar-refractivity contribution in [3.63, 3.8) is 0 Å². The topological polar surface area (TPSA) is 78.1 Å². The second-order valence-electron chi connectivity index (χ2n) is 6.74. The zero-order valence-corrected chi connectivity index (χ0v) is 17.3. The minimum absolute atomic E-state index is 0.0984. The maximum Gasteiger partial charge on any atom is 0.238 e. The molecule has 2 aromatic heterocycles. The first-order valence-corrected chi connectivity index (χ1v) is 9.92. The monoisotopic (exact) mass is 412 g/mol. The standard InChI is InChI=1S/C22H20O6S/c1-11(2)27-15-9-14-17(22(26-4)21(15)25-3)18(23)19(24)20(28-14)13-10-29-16-8-6-5-7-12(13)16/h5-11,24H,1-4H3. The van der Waals surface area contributed by atoms with Crippen LogP contribution in [-0.4, -0.2) is 25.4 Å². The number of thiophene rings is 1. The van der Waals surface area contributed by atoms with E-state index in [1.807, 2.05) is 43.5 Å². The van der Waals surface area contributed by atoms with Gasteiger partial charge in [0.15, 0.2) is 17.3 Å². The maximum absolute atomic E-state index is 13.1. The average molecular weight is 412 g/mol. The molecular formula is C22H20O6S. The van der Waals surface area contributed by atoms with E-state index in [2.05, 4.69) is 0 Å². The van der Waals surface area contributed by atoms with Crippen molar-refractivity contribution in [2.24, 2.45) is 0 Å². The van der Waals surface area contributed by atoms with Crippen LogP contribution in [0.4, 0.5) is 0 Å². The Morgan fingerprint density at radius 3 is 2.52 bits per heavy atom. The minimum atomic E-state index is -0.595. The largest absolute Gasteiger partial charge is 0.502 e. The van der Waals surface area contributed by atoms with Gasteiger partial charge in [0.05, 0.1) is 20.3 Å². The third-order valence-electron chi connectivity index (χ3n) is 4.53. The highest BCUT2D eigenvalue weighted by molar-refractivity contribution is 7.17. The molecule has 29 heavy (non-hydrogen) atoms. The third kappa shape index (κ3) is 3.07. The Hall–Kier alpha value is -3.19. The van der Waals surface area contributed by atoms with Gasteiger partial charge in [0, 0.05) is 27.1 Å². The Kier molecular flexibility index (Phi) is 4.84. The van der Waals surface area contributed by atoms with Crippen LogP contribution in [-0.2, 0) is 0 Å². The summed E-state index contributed by atoms with van der Waals surface area (Å²) >= 11 is 1.51. The molecule has 0 radical (unpaired) electrons. The minimum Gasteiger partial charge on any atom is -0.502 e. The van der Waals surface area contributed by atoms with Gasteiger partial charge in [-0.05, 0) is 19.9 Å². The smallest absolute Gasteiger partial charge is 0.238 e. The highest BCUT2D eigenvalue weighted by atomic mass is 32.1. The lowest BCUT2D eigenvalue weighted by molar-refractivity contribution is 0.227. The molecule has 0 bridgehead atoms. The molecule has 0 fully saturated rings. The molecule has 0 atom stereocenters. The molecule has 0 saturated heterocycles. The van der Waals surface area contributed by atoms with Crippen LogP contribution in [0.5, 0.6) is 23.0 Å². The Morgan fingerprint density at radius 2 is 1.83 bits per heavy atom. The van der Waals surface area contributed by atoms with E-state index in [9.17, 15) is 9.90 Å². The third-order valence-corrected chi connectivity index (χ3v) is 5.49. The summed E-state index contributed by atoms with van der Waals surface area (Å²) in [4.78, 5) is 13.1. The zero-order chi connectivity index (χ0) is 20.7. The molecule has 2 aromatic carbocycles. The van der Waals surface area contributed by atoms with Gasteiger partial charge in [0.2, 0.25) is 16.9 Å². The van der Waals surface area contributed by atoms with E-state index in [4.69, 9.17) is 18.6 Å². The Labute approximate surface area is 170 Å². The quantitative estimate of drug-likeness (QED) is 0.486. The lowest BCUT2D eigenvalue weighted by atomic mass is 10.1. The highest BCUT2D eigenvalue weighted by Crippen LogP contribution is 2.45. The number of fused-ring (bicyclic) bond motifs is 2. The van der Waals surface area contributed by atoms with Gasteiger partial charge in [0.25, 0.3) is 0 Å². The summed E-state index contributed by atoms with van der Waals surface area (Å²) in [5.41, 5.74) is 0.303. The fourth-order valence-electron chi connectivity index (χ4n) is 3.34. The molecule has 0 aliphatic rings. The summed E-state index contributed by atoms with van der Waals surface area (Å²) in [6, 6.07) is 9.33. The summed E-state index contributed by atoms with van der Waals surface area (Å²) in [6.07, 6.45) is -0.129. The van der Waals surface area contributed by atoms with Crippen LogP contribution in [0.3, 0.4) is 0 Å². The van der Waals surface area contributed by atoms with Gasteiger partial charge in [-0.2, -0.15) is 0 Å². The van der Waals surface area contributed by atoms with Crippen molar-refractivity contribution >= 4 is 32.4 Å². The van der Waals surface area contributed by atoms with Crippen LogP contribution in [0.15, 0.2) is 44.9 Å². The van der Waals surface area contributed by atoms with Gasteiger partial charge >= 0.3 is 0 Å². The molecule has 150 valence electrons. The van der Waals surface area contributed by atoms with Crippen molar-refractivity contribution in [2.45, 2.75) is 20.0 Å². The van der Waals surface area contributed by atoms with Crippen molar-refractivity contribution in [3.05, 3.63) is 45.9 Å². The van der Waals surface area contributed by atoms with Crippen LogP contribution in [0.1, 0.15) is 13.8 Å². The second-order valence-corrected chi connectivity index (χ2v) is 7.65. The predicted octanol–water partition coefficient (Wildman–Crippen LogP) is 5.18. The highest BCUT2D eigenvalue weighted by Gasteiger charge is 2.25. The number of methoxy groups -OCH3 is 2. The molecule has 4 rings (SSSR count). The van der Waals surface area contributed by atoms with E-state index >= 15 is 0 Å². The van der Waals surface area contributed by atoms with E-state index in [0.717, 1.165) is 10.1 Å². The van der Waals surface area contributed by atoms with Gasteiger partial charge < -0.3 is 23.7 Å². The molecule has 4 aromatic rings. The van der Waals surface area contributed by atoms with Crippen molar-refractivity contribution < 1.29 is 23.7 Å². The van der Waals surface area contributed by atoms with Crippen LogP contribution < -0.4 is 19.6 Å². The lowest BCUT2D eigenvalue weighted by Gasteiger charge is -2.17. The van der Waals surface area contributed by atoms with Gasteiger partial charge in [0.1, 0.15) is 11.0 Å². The van der Waals surface area contributed by atoms with E-state index in [1.165, 1.54) is 25.6 Å². The second kappa shape index (κ2) is 7.33. The van der Waals surface area contributed by atoms with Crippen LogP contribution in [0.25, 0.3) is 32.4 Å². The number of benzene rings is 2. The first-order valence-electron chi connectivity index (χ1n) is 9.04. The van der Waals surface area contributed by atoms with Crippen molar-refractivity contribution in [3.8, 4) is 34.3 Å². The van der Waals surface area contributed by atoms with Crippen molar-refractivity contribution in [2.75, 3.05) is 14.2 Å². The maximum atomic E-state index is 13.1. The first kappa shape index (κ1) is 19.1. The molecule has 0 aliphatic carbocycles. The summed E-state index contributed by atoms with van der Waals surface area (Å²) < 4.78 is 23.7.